The van der Waals surface area contributed by atoms with Crippen LogP contribution in [0.5, 0.6) is 0 Å². The lowest BCUT2D eigenvalue weighted by atomic mass is 10.7. The number of carbonyl (C=O) groups excluding carboxylic acids is 2. The van der Waals surface area contributed by atoms with Crippen molar-refractivity contribution in [1.29, 1.82) is 0 Å². The van der Waals surface area contributed by atoms with Crippen LogP contribution in [0.2, 0.25) is 0 Å². The first-order valence-electron chi connectivity index (χ1n) is 2.79. The first-order valence-corrected chi connectivity index (χ1v) is 2.79. The summed E-state index contributed by atoms with van der Waals surface area (Å²) in [6, 6.07) is 0. The maximum absolute atomic E-state index is 10.6. The molecule has 3 nitrogen and oxygen atoms in total. The molecule has 1 aliphatic rings. The van der Waals surface area contributed by atoms with Crippen LogP contribution in [0, 0.1) is 0 Å². The Hall–Kier alpha value is -1.12. The van der Waals surface area contributed by atoms with Gasteiger partial charge in [0.25, 0.3) is 11.8 Å². The number of nitrogens with zero attached hydrogens (tertiary/aromatic N) is 1. The van der Waals surface area contributed by atoms with E-state index in [-0.39, 0.29) is 11.8 Å². The number of hydrogen-bond donors (Lipinski definition) is 0. The van der Waals surface area contributed by atoms with Gasteiger partial charge in [-0.15, -0.1) is 0 Å². The number of hydrogen-bond acceptors (Lipinski definition) is 2. The van der Waals surface area contributed by atoms with E-state index in [0.29, 0.717) is 6.54 Å². The molecule has 0 N–H and O–H groups in total. The third-order valence-corrected chi connectivity index (χ3v) is 1.22. The zero-order valence-corrected chi connectivity index (χ0v) is 5.13. The number of carbonyl (C=O) groups is 2. The molecule has 9 heavy (non-hydrogen) atoms. The van der Waals surface area contributed by atoms with E-state index in [4.69, 9.17) is 0 Å². The van der Waals surface area contributed by atoms with Crippen LogP contribution in [0.15, 0.2) is 12.2 Å². The molecule has 0 fully saturated rings. The van der Waals surface area contributed by atoms with Crippen molar-refractivity contribution < 1.29 is 9.59 Å². The third kappa shape index (κ3) is 0.850. The summed E-state index contributed by atoms with van der Waals surface area (Å²) in [6.07, 6.45) is 2.57. The Labute approximate surface area is 53.0 Å². The van der Waals surface area contributed by atoms with E-state index in [1.54, 1.807) is 6.92 Å². The summed E-state index contributed by atoms with van der Waals surface area (Å²) < 4.78 is 0. The molecular formula is C6H7NO2. The fraction of sp³-hybridized carbons (Fsp3) is 0.333. The molecule has 1 aliphatic heterocycles. The molecule has 0 saturated heterocycles. The highest BCUT2D eigenvalue weighted by Crippen LogP contribution is 2.00. The Morgan fingerprint density at radius 3 is 2.00 bits per heavy atom. The van der Waals surface area contributed by atoms with Gasteiger partial charge in [0.2, 0.25) is 0 Å². The van der Waals surface area contributed by atoms with Crippen LogP contribution in [0.3, 0.4) is 0 Å². The van der Waals surface area contributed by atoms with Crippen LogP contribution >= 0.6 is 0 Å². The molecular weight excluding hydrogens is 120 g/mol. The Morgan fingerprint density at radius 2 is 1.78 bits per heavy atom. The van der Waals surface area contributed by atoms with Crippen LogP contribution in [0.25, 0.3) is 0 Å². The third-order valence-electron chi connectivity index (χ3n) is 1.22. The van der Waals surface area contributed by atoms with Gasteiger partial charge in [0.15, 0.2) is 0 Å². The Morgan fingerprint density at radius 1 is 1.33 bits per heavy atom. The zero-order valence-electron chi connectivity index (χ0n) is 5.13. The first-order chi connectivity index (χ1) is 4.25. The van der Waals surface area contributed by atoms with E-state index in [9.17, 15) is 9.59 Å². The van der Waals surface area contributed by atoms with Crippen molar-refractivity contribution >= 4 is 11.8 Å². The average molecular weight is 127 g/mol. The van der Waals surface area contributed by atoms with Crippen LogP contribution in [-0.2, 0) is 9.59 Å². The molecule has 0 aromatic heterocycles. The van der Waals surface area contributed by atoms with Gasteiger partial charge in [0, 0.05) is 18.7 Å². The summed E-state index contributed by atoms with van der Waals surface area (Å²) in [5.41, 5.74) is 0. The topological polar surface area (TPSA) is 37.4 Å². The lowest BCUT2D eigenvalue weighted by molar-refractivity contribution is -0.136. The van der Waals surface area contributed by atoms with Gasteiger partial charge < -0.3 is 0 Å². The molecule has 0 unspecified atom stereocenters. The number of imide groups is 1. The zero-order chi connectivity index (χ0) is 6.85. The predicted molar refractivity (Wildman–Crippen MR) is 31.5 cm³/mol. The Balaban J connectivity index is 2.75. The van der Waals surface area contributed by atoms with Gasteiger partial charge in [0.1, 0.15) is 0 Å². The Bertz CT molecular complexity index is 165. The lowest BCUT2D eigenvalue weighted by Gasteiger charge is -2.08. The molecule has 0 saturated carbocycles. The smallest absolute Gasteiger partial charge is 0.253 e. The minimum absolute atomic E-state index is 0.206. The molecule has 48 valence electrons. The van der Waals surface area contributed by atoms with Gasteiger partial charge in [0.05, 0.1) is 0 Å². The van der Waals surface area contributed by atoms with Crippen LogP contribution in [-0.4, -0.2) is 23.3 Å². The maximum Gasteiger partial charge on any atom is 0.253 e. The standard InChI is InChI=1S/C6H7NO2/c1-2-7-5(8)3-4-6(7)9/h3-4H,2H2,1H3/i5+1,6+1. The second-order valence-corrected chi connectivity index (χ2v) is 1.75. The fourth-order valence-corrected chi connectivity index (χ4v) is 0.743. The van der Waals surface area contributed by atoms with Gasteiger partial charge in [-0.25, -0.2) is 0 Å². The van der Waals surface area contributed by atoms with Crippen molar-refractivity contribution in [2.45, 2.75) is 6.92 Å². The number of likely N-dealkylation sites (N-methyl/N-ethyl adjacent to an activating group) is 1. The fourth-order valence-electron chi connectivity index (χ4n) is 0.743. The van der Waals surface area contributed by atoms with Crippen LogP contribution in [0.1, 0.15) is 6.92 Å². The summed E-state index contributed by atoms with van der Waals surface area (Å²) in [5, 5.41) is 0. The summed E-state index contributed by atoms with van der Waals surface area (Å²) in [5.74, 6) is -0.412. The molecule has 2 amide bonds. The Kier molecular flexibility index (Phi) is 1.34. The SMILES string of the molecule is CCN1[13C](=O)C=C[13C]1=O. The molecule has 0 spiro atoms. The summed E-state index contributed by atoms with van der Waals surface area (Å²) in [4.78, 5) is 22.4. The predicted octanol–water partition coefficient (Wildman–Crippen LogP) is -0.0687. The van der Waals surface area contributed by atoms with Crippen LogP contribution < -0.4 is 0 Å². The average Bonchev–Trinajstić information content (AvgIpc) is 2.12. The van der Waals surface area contributed by atoms with E-state index >= 15 is 0 Å². The van der Waals surface area contributed by atoms with Crippen LogP contribution in [0.4, 0.5) is 0 Å². The van der Waals surface area contributed by atoms with Crippen molar-refractivity contribution in [1.82, 2.24) is 4.90 Å². The largest absolute Gasteiger partial charge is 0.276 e. The van der Waals surface area contributed by atoms with Gasteiger partial charge >= 0.3 is 0 Å². The monoisotopic (exact) mass is 127 g/mol. The molecule has 0 aromatic rings. The van der Waals surface area contributed by atoms with Crippen molar-refractivity contribution in [3.8, 4) is 0 Å². The van der Waals surface area contributed by atoms with Crippen molar-refractivity contribution in [2.75, 3.05) is 6.54 Å². The molecule has 0 aliphatic carbocycles. The van der Waals surface area contributed by atoms with Gasteiger partial charge in [-0.2, -0.15) is 0 Å². The van der Waals surface area contributed by atoms with E-state index in [0.717, 1.165) is 0 Å². The molecule has 3 heteroatoms. The molecule has 0 radical (unpaired) electrons. The highest BCUT2D eigenvalue weighted by molar-refractivity contribution is 6.12. The quantitative estimate of drug-likeness (QED) is 0.365. The minimum atomic E-state index is -0.206. The normalized spacial score (nSPS) is 17.7. The highest BCUT2D eigenvalue weighted by Gasteiger charge is 2.20. The van der Waals surface area contributed by atoms with Gasteiger partial charge in [-0.3, -0.25) is 14.5 Å². The minimum Gasteiger partial charge on any atom is -0.276 e. The van der Waals surface area contributed by atoms with Crippen molar-refractivity contribution in [3.05, 3.63) is 12.2 Å². The number of rotatable bonds is 1. The lowest BCUT2D eigenvalue weighted by Crippen LogP contribution is -2.29. The summed E-state index contributed by atoms with van der Waals surface area (Å²) in [7, 11) is 0. The first kappa shape index (κ1) is 6.01. The van der Waals surface area contributed by atoms with Crippen molar-refractivity contribution in [3.63, 3.8) is 0 Å². The summed E-state index contributed by atoms with van der Waals surface area (Å²) in [6.45, 7) is 2.23. The van der Waals surface area contributed by atoms with E-state index in [1.807, 2.05) is 0 Å². The molecule has 0 atom stereocenters. The van der Waals surface area contributed by atoms with Crippen molar-refractivity contribution in [2.24, 2.45) is 0 Å². The maximum atomic E-state index is 10.6. The molecule has 1 rings (SSSR count). The second kappa shape index (κ2) is 2.01. The molecule has 0 bridgehead atoms. The molecule has 1 heterocycles. The summed E-state index contributed by atoms with van der Waals surface area (Å²) >= 11 is 0. The highest BCUT2D eigenvalue weighted by atomic mass is 16.3. The van der Waals surface area contributed by atoms with E-state index in [2.05, 4.69) is 0 Å². The second-order valence-electron chi connectivity index (χ2n) is 1.75. The van der Waals surface area contributed by atoms with Gasteiger partial charge in [-0.05, 0) is 6.92 Å². The van der Waals surface area contributed by atoms with Gasteiger partial charge in [-0.1, -0.05) is 0 Å². The number of amides is 2. The molecule has 0 aromatic carbocycles. The van der Waals surface area contributed by atoms with E-state index in [1.165, 1.54) is 17.1 Å². The van der Waals surface area contributed by atoms with E-state index < -0.39 is 0 Å².